The van der Waals surface area contributed by atoms with Crippen LogP contribution in [-0.2, 0) is 9.59 Å². The second-order valence-corrected chi connectivity index (χ2v) is 13.3. The third-order valence-electron chi connectivity index (χ3n) is 8.63. The number of hydrogen-bond acceptors (Lipinski definition) is 3. The summed E-state index contributed by atoms with van der Waals surface area (Å²) < 4.78 is 0. The molecule has 272 valence electrons. The minimum Gasteiger partial charge on any atom is -0.354 e. The Labute approximate surface area is 292 Å². The number of rotatable bonds is 35. The van der Waals surface area contributed by atoms with Gasteiger partial charge in [-0.25, -0.2) is 0 Å². The van der Waals surface area contributed by atoms with E-state index in [0.717, 1.165) is 64.2 Å². The second-order valence-electron chi connectivity index (χ2n) is 13.3. The number of amides is 2. The molecule has 0 aromatic rings. The van der Waals surface area contributed by atoms with Crippen molar-refractivity contribution >= 4 is 11.8 Å². The van der Waals surface area contributed by atoms with Gasteiger partial charge in [0.1, 0.15) is 6.04 Å². The molecule has 0 bridgehead atoms. The first kappa shape index (κ1) is 44.9. The Morgan fingerprint density at radius 1 is 0.532 bits per heavy atom. The van der Waals surface area contributed by atoms with Gasteiger partial charge in [-0.15, -0.1) is 0 Å². The highest BCUT2D eigenvalue weighted by atomic mass is 16.2. The maximum atomic E-state index is 12.9. The Hall–Kier alpha value is -2.14. The summed E-state index contributed by atoms with van der Waals surface area (Å²) in [5, 5.41) is 6.09. The fourth-order valence-corrected chi connectivity index (χ4v) is 5.57. The van der Waals surface area contributed by atoms with Crippen LogP contribution < -0.4 is 16.4 Å². The van der Waals surface area contributed by atoms with E-state index < -0.39 is 6.04 Å². The fourth-order valence-electron chi connectivity index (χ4n) is 5.57. The van der Waals surface area contributed by atoms with E-state index >= 15 is 0 Å². The number of unbranched alkanes of at least 4 members (excludes halogenated alkanes) is 18. The topological polar surface area (TPSA) is 84.2 Å². The van der Waals surface area contributed by atoms with E-state index in [-0.39, 0.29) is 11.8 Å². The van der Waals surface area contributed by atoms with E-state index in [2.05, 4.69) is 73.1 Å². The molecule has 0 saturated carbocycles. The van der Waals surface area contributed by atoms with Gasteiger partial charge < -0.3 is 16.4 Å². The van der Waals surface area contributed by atoms with Gasteiger partial charge in [0.2, 0.25) is 11.8 Å². The summed E-state index contributed by atoms with van der Waals surface area (Å²) in [5.74, 6) is -0.0460. The SMILES string of the molecule is CCCCCC=CCC=CCCCCCCCCNC(=O)C(CCCCN)NC(=O)CCCCCCCC=CCC=CCCCCC. The summed E-state index contributed by atoms with van der Waals surface area (Å²) in [7, 11) is 0. The molecule has 0 aromatic heterocycles. The lowest BCUT2D eigenvalue weighted by Gasteiger charge is -2.18. The van der Waals surface area contributed by atoms with E-state index in [9.17, 15) is 9.59 Å². The summed E-state index contributed by atoms with van der Waals surface area (Å²) in [4.78, 5) is 25.5. The van der Waals surface area contributed by atoms with Crippen molar-refractivity contribution in [3.63, 3.8) is 0 Å². The summed E-state index contributed by atoms with van der Waals surface area (Å²) in [6.45, 7) is 5.79. The minimum atomic E-state index is -0.448. The molecule has 0 aromatic carbocycles. The number of allylic oxidation sites excluding steroid dienone is 8. The van der Waals surface area contributed by atoms with E-state index in [0.29, 0.717) is 25.9 Å². The highest BCUT2D eigenvalue weighted by Crippen LogP contribution is 2.10. The average molecular weight is 656 g/mol. The van der Waals surface area contributed by atoms with Crippen LogP contribution in [0.3, 0.4) is 0 Å². The molecule has 4 N–H and O–H groups in total. The van der Waals surface area contributed by atoms with E-state index in [1.54, 1.807) is 0 Å². The Bertz CT molecular complexity index is 802. The van der Waals surface area contributed by atoms with Crippen molar-refractivity contribution in [3.05, 3.63) is 48.6 Å². The van der Waals surface area contributed by atoms with Gasteiger partial charge in [-0.05, 0) is 103 Å². The molecule has 5 nitrogen and oxygen atoms in total. The molecule has 0 radical (unpaired) electrons. The molecular weight excluding hydrogens is 578 g/mol. The predicted octanol–water partition coefficient (Wildman–Crippen LogP) is 11.3. The van der Waals surface area contributed by atoms with Crippen LogP contribution in [0.1, 0.15) is 187 Å². The van der Waals surface area contributed by atoms with Gasteiger partial charge in [0.05, 0.1) is 0 Å². The second kappa shape index (κ2) is 38.3. The zero-order valence-corrected chi connectivity index (χ0v) is 31.1. The van der Waals surface area contributed by atoms with Crippen LogP contribution in [-0.4, -0.2) is 30.9 Å². The maximum Gasteiger partial charge on any atom is 0.242 e. The Morgan fingerprint density at radius 2 is 0.979 bits per heavy atom. The third-order valence-corrected chi connectivity index (χ3v) is 8.63. The van der Waals surface area contributed by atoms with Gasteiger partial charge in [-0.2, -0.15) is 0 Å². The first-order valence-electron chi connectivity index (χ1n) is 20.0. The first-order chi connectivity index (χ1) is 23.2. The number of carbonyl (C=O) groups is 2. The smallest absolute Gasteiger partial charge is 0.242 e. The molecule has 5 heteroatoms. The van der Waals surface area contributed by atoms with E-state index in [1.165, 1.54) is 96.3 Å². The number of carbonyl (C=O) groups excluding carboxylic acids is 2. The molecule has 1 atom stereocenters. The lowest BCUT2D eigenvalue weighted by molar-refractivity contribution is -0.129. The highest BCUT2D eigenvalue weighted by Gasteiger charge is 2.19. The van der Waals surface area contributed by atoms with Gasteiger partial charge in [0.25, 0.3) is 0 Å². The summed E-state index contributed by atoms with van der Waals surface area (Å²) in [6.07, 6.45) is 48.6. The Kier molecular flexibility index (Phi) is 36.6. The molecule has 0 spiro atoms. The van der Waals surface area contributed by atoms with Crippen molar-refractivity contribution in [2.75, 3.05) is 13.1 Å². The zero-order chi connectivity index (χ0) is 34.3. The number of nitrogens with two attached hydrogens (primary N) is 1. The van der Waals surface area contributed by atoms with Crippen LogP contribution in [0.15, 0.2) is 48.6 Å². The molecular formula is C42H77N3O2. The number of hydrogen-bond donors (Lipinski definition) is 3. The molecule has 47 heavy (non-hydrogen) atoms. The van der Waals surface area contributed by atoms with Crippen molar-refractivity contribution in [2.45, 2.75) is 193 Å². The molecule has 0 aliphatic carbocycles. The minimum absolute atomic E-state index is 0.00250. The molecule has 1 unspecified atom stereocenters. The van der Waals surface area contributed by atoms with Crippen molar-refractivity contribution in [1.82, 2.24) is 10.6 Å². The lowest BCUT2D eigenvalue weighted by Crippen LogP contribution is -2.47. The van der Waals surface area contributed by atoms with Gasteiger partial charge in [-0.1, -0.05) is 133 Å². The normalized spacial score (nSPS) is 12.7. The van der Waals surface area contributed by atoms with Crippen molar-refractivity contribution in [2.24, 2.45) is 5.73 Å². The third kappa shape index (κ3) is 35.0. The average Bonchev–Trinajstić information content (AvgIpc) is 3.07. The molecule has 0 fully saturated rings. The molecule has 2 amide bonds. The van der Waals surface area contributed by atoms with Gasteiger partial charge >= 0.3 is 0 Å². The molecule has 0 aliphatic heterocycles. The summed E-state index contributed by atoms with van der Waals surface area (Å²) >= 11 is 0. The predicted molar refractivity (Wildman–Crippen MR) is 207 cm³/mol. The quantitative estimate of drug-likeness (QED) is 0.0469. The van der Waals surface area contributed by atoms with E-state index in [4.69, 9.17) is 5.73 Å². The maximum absolute atomic E-state index is 12.9. The van der Waals surface area contributed by atoms with Crippen molar-refractivity contribution < 1.29 is 9.59 Å². The Balaban J connectivity index is 3.92. The molecule has 0 heterocycles. The van der Waals surface area contributed by atoms with Crippen LogP contribution in [0.2, 0.25) is 0 Å². The van der Waals surface area contributed by atoms with Crippen LogP contribution in [0.4, 0.5) is 0 Å². The summed E-state index contributed by atoms with van der Waals surface area (Å²) in [5.41, 5.74) is 5.67. The zero-order valence-electron chi connectivity index (χ0n) is 31.1. The molecule has 0 aliphatic rings. The monoisotopic (exact) mass is 656 g/mol. The van der Waals surface area contributed by atoms with Crippen molar-refractivity contribution in [3.8, 4) is 0 Å². The largest absolute Gasteiger partial charge is 0.354 e. The highest BCUT2D eigenvalue weighted by molar-refractivity contribution is 5.87. The van der Waals surface area contributed by atoms with Gasteiger partial charge in [-0.3, -0.25) is 9.59 Å². The lowest BCUT2D eigenvalue weighted by atomic mass is 10.1. The van der Waals surface area contributed by atoms with Crippen molar-refractivity contribution in [1.29, 1.82) is 0 Å². The first-order valence-corrected chi connectivity index (χ1v) is 20.0. The van der Waals surface area contributed by atoms with Crippen LogP contribution >= 0.6 is 0 Å². The van der Waals surface area contributed by atoms with E-state index in [1.807, 2.05) is 0 Å². The summed E-state index contributed by atoms with van der Waals surface area (Å²) in [6, 6.07) is -0.448. The molecule has 0 saturated heterocycles. The Morgan fingerprint density at radius 3 is 1.47 bits per heavy atom. The number of nitrogens with one attached hydrogen (secondary N) is 2. The van der Waals surface area contributed by atoms with Crippen LogP contribution in [0.5, 0.6) is 0 Å². The standard InChI is InChI=1S/C42H77N3O2/c1-3-5-7-9-11-13-15-17-19-21-23-25-27-29-31-35-39-44-42(47)40(36-33-34-38-43)45-41(46)37-32-30-28-26-24-22-20-18-16-14-12-10-8-6-4-2/h11-14,17-20,40H,3-10,15-16,21-39,43H2,1-2H3,(H,44,47)(H,45,46). The van der Waals surface area contributed by atoms with Gasteiger partial charge in [0.15, 0.2) is 0 Å². The van der Waals surface area contributed by atoms with Crippen LogP contribution in [0, 0.1) is 0 Å². The fraction of sp³-hybridized carbons (Fsp3) is 0.762. The molecule has 0 rings (SSSR count). The van der Waals surface area contributed by atoms with Crippen LogP contribution in [0.25, 0.3) is 0 Å². The van der Waals surface area contributed by atoms with Gasteiger partial charge in [0, 0.05) is 13.0 Å².